The average molecular weight is 294 g/mol. The van der Waals surface area contributed by atoms with E-state index < -0.39 is 23.1 Å². The van der Waals surface area contributed by atoms with Crippen LogP contribution in [0.5, 0.6) is 0 Å². The third-order valence-electron chi connectivity index (χ3n) is 3.21. The summed E-state index contributed by atoms with van der Waals surface area (Å²) in [4.78, 5) is 36.0. The number of Topliss-reactive ketones (excluding diaryl/α,β-unsaturated/α-hetero) is 1. The maximum atomic E-state index is 12.3. The van der Waals surface area contributed by atoms with Crippen molar-refractivity contribution in [3.8, 4) is 0 Å². The standard InChI is InChI=1S/C15H18O4S/c1-15(2,14(18)20-4)11(12(16)13(17)19-3)10-8-6-5-7-9-10/h5-9,11H,1-4H3. The zero-order valence-electron chi connectivity index (χ0n) is 12.0. The highest BCUT2D eigenvalue weighted by Crippen LogP contribution is 2.39. The van der Waals surface area contributed by atoms with Gasteiger partial charge in [-0.25, -0.2) is 4.79 Å². The van der Waals surface area contributed by atoms with Crippen LogP contribution in [-0.2, 0) is 19.1 Å². The molecule has 0 saturated carbocycles. The van der Waals surface area contributed by atoms with Crippen molar-refractivity contribution in [1.82, 2.24) is 0 Å². The van der Waals surface area contributed by atoms with Crippen LogP contribution >= 0.6 is 11.8 Å². The van der Waals surface area contributed by atoms with E-state index in [9.17, 15) is 14.4 Å². The van der Waals surface area contributed by atoms with Gasteiger partial charge in [0.05, 0.1) is 13.0 Å². The number of rotatable bonds is 5. The summed E-state index contributed by atoms with van der Waals surface area (Å²) in [5.41, 5.74) is -0.359. The Labute approximate surface area is 122 Å². The third kappa shape index (κ3) is 3.28. The zero-order valence-corrected chi connectivity index (χ0v) is 12.8. The molecule has 0 aliphatic carbocycles. The van der Waals surface area contributed by atoms with Gasteiger partial charge in [-0.2, -0.15) is 0 Å². The van der Waals surface area contributed by atoms with Crippen LogP contribution in [-0.4, -0.2) is 30.2 Å². The number of methoxy groups -OCH3 is 1. The first kappa shape index (κ1) is 16.4. The molecular formula is C15H18O4S. The molecule has 0 aliphatic rings. The van der Waals surface area contributed by atoms with E-state index in [1.807, 2.05) is 6.07 Å². The fourth-order valence-electron chi connectivity index (χ4n) is 2.14. The van der Waals surface area contributed by atoms with E-state index in [1.54, 1.807) is 44.4 Å². The van der Waals surface area contributed by atoms with Gasteiger partial charge in [-0.05, 0) is 11.8 Å². The van der Waals surface area contributed by atoms with Crippen LogP contribution in [0.2, 0.25) is 0 Å². The Morgan fingerprint density at radius 1 is 1.15 bits per heavy atom. The second-order valence-electron chi connectivity index (χ2n) is 4.91. The first-order valence-electron chi connectivity index (χ1n) is 6.11. The lowest BCUT2D eigenvalue weighted by atomic mass is 9.73. The number of hydrogen-bond acceptors (Lipinski definition) is 5. The van der Waals surface area contributed by atoms with Crippen molar-refractivity contribution in [2.45, 2.75) is 19.8 Å². The van der Waals surface area contributed by atoms with E-state index in [0.717, 1.165) is 18.9 Å². The van der Waals surface area contributed by atoms with Gasteiger partial charge in [0.25, 0.3) is 0 Å². The van der Waals surface area contributed by atoms with E-state index >= 15 is 0 Å². The molecule has 0 aromatic heterocycles. The molecule has 108 valence electrons. The van der Waals surface area contributed by atoms with Crippen molar-refractivity contribution in [3.63, 3.8) is 0 Å². The monoisotopic (exact) mass is 294 g/mol. The van der Waals surface area contributed by atoms with Gasteiger partial charge in [0.2, 0.25) is 5.78 Å². The fraction of sp³-hybridized carbons (Fsp3) is 0.400. The molecule has 1 aromatic carbocycles. The second kappa shape index (κ2) is 6.70. The predicted molar refractivity (Wildman–Crippen MR) is 78.5 cm³/mol. The van der Waals surface area contributed by atoms with E-state index in [-0.39, 0.29) is 5.12 Å². The fourth-order valence-corrected chi connectivity index (χ4v) is 2.78. The molecule has 1 aromatic rings. The number of hydrogen-bond donors (Lipinski definition) is 0. The Bertz CT molecular complexity index is 508. The Kier molecular flexibility index (Phi) is 5.51. The van der Waals surface area contributed by atoms with E-state index in [2.05, 4.69) is 4.74 Å². The number of ether oxygens (including phenoxy) is 1. The summed E-state index contributed by atoms with van der Waals surface area (Å²) in [6.45, 7) is 3.34. The van der Waals surface area contributed by atoms with E-state index in [0.29, 0.717) is 5.56 Å². The van der Waals surface area contributed by atoms with Crippen molar-refractivity contribution in [2.75, 3.05) is 13.4 Å². The molecule has 0 radical (unpaired) electrons. The van der Waals surface area contributed by atoms with Gasteiger partial charge in [0, 0.05) is 5.41 Å². The average Bonchev–Trinajstić information content (AvgIpc) is 2.46. The maximum absolute atomic E-state index is 12.3. The molecule has 0 bridgehead atoms. The quantitative estimate of drug-likeness (QED) is 0.616. The number of thioether (sulfide) groups is 1. The number of carbonyl (C=O) groups excluding carboxylic acids is 3. The lowest BCUT2D eigenvalue weighted by Gasteiger charge is -2.30. The van der Waals surface area contributed by atoms with Crippen LogP contribution in [0.1, 0.15) is 25.3 Å². The van der Waals surface area contributed by atoms with Gasteiger partial charge in [-0.3, -0.25) is 9.59 Å². The molecule has 0 aliphatic heterocycles. The van der Waals surface area contributed by atoms with Crippen LogP contribution < -0.4 is 0 Å². The molecule has 1 atom stereocenters. The van der Waals surface area contributed by atoms with Crippen molar-refractivity contribution >= 4 is 28.6 Å². The maximum Gasteiger partial charge on any atom is 0.375 e. The van der Waals surface area contributed by atoms with Gasteiger partial charge < -0.3 is 4.74 Å². The summed E-state index contributed by atoms with van der Waals surface area (Å²) in [6, 6.07) is 8.83. The SMILES string of the molecule is COC(=O)C(=O)C(c1ccccc1)C(C)(C)C(=O)SC. The smallest absolute Gasteiger partial charge is 0.375 e. The van der Waals surface area contributed by atoms with Gasteiger partial charge in [-0.15, -0.1) is 0 Å². The van der Waals surface area contributed by atoms with Crippen LogP contribution in [0, 0.1) is 5.41 Å². The van der Waals surface area contributed by atoms with Crippen molar-refractivity contribution < 1.29 is 19.1 Å². The number of esters is 1. The van der Waals surface area contributed by atoms with Gasteiger partial charge in [0.15, 0.2) is 5.12 Å². The van der Waals surface area contributed by atoms with Crippen LogP contribution in [0.25, 0.3) is 0 Å². The molecule has 4 nitrogen and oxygen atoms in total. The molecular weight excluding hydrogens is 276 g/mol. The lowest BCUT2D eigenvalue weighted by Crippen LogP contribution is -2.38. The molecule has 5 heteroatoms. The minimum atomic E-state index is -0.994. The van der Waals surface area contributed by atoms with Crippen LogP contribution in [0.15, 0.2) is 30.3 Å². The van der Waals surface area contributed by atoms with Crippen molar-refractivity contribution in [1.29, 1.82) is 0 Å². The minimum Gasteiger partial charge on any atom is -0.463 e. The van der Waals surface area contributed by atoms with Crippen LogP contribution in [0.3, 0.4) is 0 Å². The molecule has 20 heavy (non-hydrogen) atoms. The molecule has 0 amide bonds. The Hall–Kier alpha value is -1.62. The van der Waals surface area contributed by atoms with E-state index in [1.165, 1.54) is 0 Å². The number of benzene rings is 1. The summed E-state index contributed by atoms with van der Waals surface area (Å²) in [5, 5.41) is -0.149. The summed E-state index contributed by atoms with van der Waals surface area (Å²) < 4.78 is 4.52. The number of carbonyl (C=O) groups is 3. The van der Waals surface area contributed by atoms with Gasteiger partial charge in [0.1, 0.15) is 0 Å². The topological polar surface area (TPSA) is 60.4 Å². The van der Waals surface area contributed by atoms with Crippen molar-refractivity contribution in [2.24, 2.45) is 5.41 Å². The molecule has 0 heterocycles. The molecule has 1 rings (SSSR count). The van der Waals surface area contributed by atoms with Crippen LogP contribution in [0.4, 0.5) is 0 Å². The summed E-state index contributed by atoms with van der Waals surface area (Å²) in [7, 11) is 1.16. The highest BCUT2D eigenvalue weighted by Gasteiger charge is 2.44. The van der Waals surface area contributed by atoms with Gasteiger partial charge >= 0.3 is 5.97 Å². The summed E-state index contributed by atoms with van der Waals surface area (Å²) in [5.74, 6) is -2.48. The normalized spacial score (nSPS) is 12.6. The molecule has 1 unspecified atom stereocenters. The molecule has 0 fully saturated rings. The molecule has 0 saturated heterocycles. The Balaban J connectivity index is 3.32. The summed E-state index contributed by atoms with van der Waals surface area (Å²) in [6.07, 6.45) is 1.66. The Morgan fingerprint density at radius 2 is 1.70 bits per heavy atom. The van der Waals surface area contributed by atoms with E-state index in [4.69, 9.17) is 0 Å². The number of ketones is 1. The first-order chi connectivity index (χ1) is 9.36. The third-order valence-corrected chi connectivity index (χ3v) is 4.11. The molecule has 0 spiro atoms. The summed E-state index contributed by atoms with van der Waals surface area (Å²) >= 11 is 1.05. The van der Waals surface area contributed by atoms with Gasteiger partial charge in [-0.1, -0.05) is 55.9 Å². The molecule has 0 N–H and O–H groups in total. The second-order valence-corrected chi connectivity index (χ2v) is 5.69. The highest BCUT2D eigenvalue weighted by molar-refractivity contribution is 8.13. The first-order valence-corrected chi connectivity index (χ1v) is 7.34. The highest BCUT2D eigenvalue weighted by atomic mass is 32.2. The minimum absolute atomic E-state index is 0.149. The van der Waals surface area contributed by atoms with Crippen molar-refractivity contribution in [3.05, 3.63) is 35.9 Å². The lowest BCUT2D eigenvalue weighted by molar-refractivity contribution is -0.154. The predicted octanol–water partition coefficient (Wildman–Crippen LogP) is 2.43. The Morgan fingerprint density at radius 3 is 2.15 bits per heavy atom. The zero-order chi connectivity index (χ0) is 15.3. The largest absolute Gasteiger partial charge is 0.463 e.